The summed E-state index contributed by atoms with van der Waals surface area (Å²) in [4.78, 5) is 13.5. The zero-order valence-corrected chi connectivity index (χ0v) is 12.5. The topological polar surface area (TPSA) is 41.6 Å². The fraction of sp³-hybridized carbons (Fsp3) is 0.533. The summed E-state index contributed by atoms with van der Waals surface area (Å²) in [5.41, 5.74) is 1.58. The Morgan fingerprint density at radius 1 is 1.37 bits per heavy atom. The van der Waals surface area contributed by atoms with Crippen molar-refractivity contribution in [2.24, 2.45) is 5.92 Å². The van der Waals surface area contributed by atoms with Crippen molar-refractivity contribution in [1.29, 1.82) is 0 Å². The van der Waals surface area contributed by atoms with Gasteiger partial charge in [0.25, 0.3) is 5.91 Å². The number of benzene rings is 1. The summed E-state index contributed by atoms with van der Waals surface area (Å²) in [6.45, 7) is 7.69. The molecule has 0 fully saturated rings. The first kappa shape index (κ1) is 15.3. The van der Waals surface area contributed by atoms with Crippen LogP contribution in [0.2, 0.25) is 0 Å². The monoisotopic (exact) mass is 264 g/mol. The molecule has 106 valence electrons. The number of carbonyl (C=O) groups is 1. The third-order valence-corrected chi connectivity index (χ3v) is 2.64. The maximum absolute atomic E-state index is 11.9. The fourth-order valence-electron chi connectivity index (χ4n) is 1.65. The van der Waals surface area contributed by atoms with E-state index in [1.807, 2.05) is 19.1 Å². The highest BCUT2D eigenvalue weighted by Crippen LogP contribution is 2.26. The van der Waals surface area contributed by atoms with Crippen molar-refractivity contribution in [1.82, 2.24) is 4.90 Å². The first-order chi connectivity index (χ1) is 8.95. The number of ether oxygens (including phenoxy) is 1. The molecule has 0 bridgehead atoms. The molecule has 0 aliphatic heterocycles. The SMILES string of the molecule is CCOc1cc(C(=O)N(C)C)ccc1NCC(C)C. The highest BCUT2D eigenvalue weighted by Gasteiger charge is 2.12. The van der Waals surface area contributed by atoms with E-state index < -0.39 is 0 Å². The van der Waals surface area contributed by atoms with Crippen LogP contribution in [0.1, 0.15) is 31.1 Å². The summed E-state index contributed by atoms with van der Waals surface area (Å²) < 4.78 is 5.61. The molecule has 4 heteroatoms. The second kappa shape index (κ2) is 7.02. The van der Waals surface area contributed by atoms with E-state index >= 15 is 0 Å². The Hall–Kier alpha value is -1.71. The van der Waals surface area contributed by atoms with Crippen LogP contribution >= 0.6 is 0 Å². The van der Waals surface area contributed by atoms with Crippen LogP contribution in [0.15, 0.2) is 18.2 Å². The number of carbonyl (C=O) groups excluding carboxylic acids is 1. The molecule has 1 aromatic rings. The molecule has 0 unspecified atom stereocenters. The minimum absolute atomic E-state index is 0.0173. The molecular weight excluding hydrogens is 240 g/mol. The van der Waals surface area contributed by atoms with E-state index in [0.29, 0.717) is 18.1 Å². The summed E-state index contributed by atoms with van der Waals surface area (Å²) in [6.07, 6.45) is 0. The van der Waals surface area contributed by atoms with Crippen molar-refractivity contribution in [2.75, 3.05) is 32.6 Å². The van der Waals surface area contributed by atoms with Crippen molar-refractivity contribution in [2.45, 2.75) is 20.8 Å². The predicted octanol–water partition coefficient (Wildman–Crippen LogP) is 2.86. The summed E-state index contributed by atoms with van der Waals surface area (Å²) in [6, 6.07) is 5.53. The number of amides is 1. The molecule has 1 N–H and O–H groups in total. The Kier molecular flexibility index (Phi) is 5.67. The summed E-state index contributed by atoms with van der Waals surface area (Å²) >= 11 is 0. The Bertz CT molecular complexity index is 428. The van der Waals surface area contributed by atoms with Gasteiger partial charge >= 0.3 is 0 Å². The van der Waals surface area contributed by atoms with E-state index in [1.165, 1.54) is 0 Å². The Labute approximate surface area is 115 Å². The second-order valence-corrected chi connectivity index (χ2v) is 5.12. The molecule has 0 aliphatic carbocycles. The van der Waals surface area contributed by atoms with E-state index in [-0.39, 0.29) is 5.91 Å². The van der Waals surface area contributed by atoms with E-state index in [2.05, 4.69) is 19.2 Å². The molecule has 1 aromatic carbocycles. The molecular formula is C15H24N2O2. The van der Waals surface area contributed by atoms with Gasteiger partial charge in [0, 0.05) is 26.2 Å². The lowest BCUT2D eigenvalue weighted by Gasteiger charge is -2.16. The number of nitrogens with one attached hydrogen (secondary N) is 1. The van der Waals surface area contributed by atoms with Crippen LogP contribution in [-0.2, 0) is 0 Å². The predicted molar refractivity (Wildman–Crippen MR) is 79.0 cm³/mol. The van der Waals surface area contributed by atoms with E-state index in [4.69, 9.17) is 4.74 Å². The van der Waals surface area contributed by atoms with Crippen molar-refractivity contribution in [3.05, 3.63) is 23.8 Å². The number of anilines is 1. The van der Waals surface area contributed by atoms with Crippen LogP contribution in [0.25, 0.3) is 0 Å². The van der Waals surface area contributed by atoms with Gasteiger partial charge in [0.2, 0.25) is 0 Å². The number of nitrogens with zero attached hydrogens (tertiary/aromatic N) is 1. The Balaban J connectivity index is 2.97. The number of hydrogen-bond donors (Lipinski definition) is 1. The minimum atomic E-state index is -0.0173. The summed E-state index contributed by atoms with van der Waals surface area (Å²) in [5.74, 6) is 1.27. The average molecular weight is 264 g/mol. The van der Waals surface area contributed by atoms with E-state index in [0.717, 1.165) is 18.0 Å². The molecule has 19 heavy (non-hydrogen) atoms. The van der Waals surface area contributed by atoms with Gasteiger partial charge in [-0.2, -0.15) is 0 Å². The maximum Gasteiger partial charge on any atom is 0.253 e. The first-order valence-electron chi connectivity index (χ1n) is 6.68. The lowest BCUT2D eigenvalue weighted by atomic mass is 10.1. The summed E-state index contributed by atoms with van der Waals surface area (Å²) in [5, 5.41) is 3.34. The Morgan fingerprint density at radius 3 is 2.58 bits per heavy atom. The molecule has 1 rings (SSSR count). The van der Waals surface area contributed by atoms with Crippen LogP contribution in [0.3, 0.4) is 0 Å². The van der Waals surface area contributed by atoms with E-state index in [1.54, 1.807) is 25.1 Å². The quantitative estimate of drug-likeness (QED) is 0.859. The molecule has 1 amide bonds. The molecule has 0 saturated carbocycles. The van der Waals surface area contributed by atoms with Crippen molar-refractivity contribution >= 4 is 11.6 Å². The lowest BCUT2D eigenvalue weighted by Crippen LogP contribution is -2.21. The third-order valence-electron chi connectivity index (χ3n) is 2.64. The molecule has 0 spiro atoms. The van der Waals surface area contributed by atoms with Crippen LogP contribution in [-0.4, -0.2) is 38.1 Å². The van der Waals surface area contributed by atoms with Crippen molar-refractivity contribution in [3.8, 4) is 5.75 Å². The normalized spacial score (nSPS) is 10.4. The van der Waals surface area contributed by atoms with Crippen molar-refractivity contribution < 1.29 is 9.53 Å². The van der Waals surface area contributed by atoms with Gasteiger partial charge in [-0.05, 0) is 31.0 Å². The van der Waals surface area contributed by atoms with Crippen LogP contribution in [0, 0.1) is 5.92 Å². The second-order valence-electron chi connectivity index (χ2n) is 5.12. The van der Waals surface area contributed by atoms with Gasteiger partial charge in [-0.1, -0.05) is 13.8 Å². The molecule has 0 aliphatic rings. The van der Waals surface area contributed by atoms with Gasteiger partial charge in [-0.3, -0.25) is 4.79 Å². The first-order valence-corrected chi connectivity index (χ1v) is 6.68. The Morgan fingerprint density at radius 2 is 2.05 bits per heavy atom. The standard InChI is InChI=1S/C15H24N2O2/c1-6-19-14-9-12(15(18)17(4)5)7-8-13(14)16-10-11(2)3/h7-9,11,16H,6,10H2,1-5H3. The smallest absolute Gasteiger partial charge is 0.253 e. The van der Waals surface area contributed by atoms with Gasteiger partial charge in [0.05, 0.1) is 12.3 Å². The molecule has 0 radical (unpaired) electrons. The van der Waals surface area contributed by atoms with Crippen LogP contribution in [0.4, 0.5) is 5.69 Å². The highest BCUT2D eigenvalue weighted by molar-refractivity contribution is 5.95. The van der Waals surface area contributed by atoms with Gasteiger partial charge in [-0.25, -0.2) is 0 Å². The lowest BCUT2D eigenvalue weighted by molar-refractivity contribution is 0.0827. The molecule has 0 saturated heterocycles. The maximum atomic E-state index is 11.9. The van der Waals surface area contributed by atoms with E-state index in [9.17, 15) is 4.79 Å². The number of rotatable bonds is 6. The third kappa shape index (κ3) is 4.47. The fourth-order valence-corrected chi connectivity index (χ4v) is 1.65. The zero-order chi connectivity index (χ0) is 14.4. The van der Waals surface area contributed by atoms with Crippen LogP contribution < -0.4 is 10.1 Å². The largest absolute Gasteiger partial charge is 0.492 e. The van der Waals surface area contributed by atoms with Gasteiger partial charge in [0.1, 0.15) is 5.75 Å². The molecule has 4 nitrogen and oxygen atoms in total. The van der Waals surface area contributed by atoms with Gasteiger partial charge in [-0.15, -0.1) is 0 Å². The van der Waals surface area contributed by atoms with Gasteiger partial charge < -0.3 is 15.0 Å². The van der Waals surface area contributed by atoms with Crippen molar-refractivity contribution in [3.63, 3.8) is 0 Å². The highest BCUT2D eigenvalue weighted by atomic mass is 16.5. The molecule has 0 heterocycles. The molecule has 0 aromatic heterocycles. The van der Waals surface area contributed by atoms with Gasteiger partial charge in [0.15, 0.2) is 0 Å². The van der Waals surface area contributed by atoms with Crippen LogP contribution in [0.5, 0.6) is 5.75 Å². The minimum Gasteiger partial charge on any atom is -0.492 e. The number of hydrogen-bond acceptors (Lipinski definition) is 3. The average Bonchev–Trinajstić information content (AvgIpc) is 2.36. The molecule has 0 atom stereocenters. The zero-order valence-electron chi connectivity index (χ0n) is 12.5. The summed E-state index contributed by atoms with van der Waals surface area (Å²) in [7, 11) is 3.49.